The van der Waals surface area contributed by atoms with Crippen molar-refractivity contribution in [2.75, 3.05) is 5.32 Å². The minimum absolute atomic E-state index is 0.193. The van der Waals surface area contributed by atoms with Crippen LogP contribution in [0.25, 0.3) is 0 Å². The first-order chi connectivity index (χ1) is 11.1. The summed E-state index contributed by atoms with van der Waals surface area (Å²) >= 11 is 1.47. The lowest BCUT2D eigenvalue weighted by atomic mass is 10.2. The molecule has 3 aromatic rings. The Bertz CT molecular complexity index is 833. The number of nitrogens with one attached hydrogen (secondary N) is 1. The molecule has 2 aromatic heterocycles. The summed E-state index contributed by atoms with van der Waals surface area (Å²) in [7, 11) is 0. The average molecular weight is 326 g/mol. The lowest BCUT2D eigenvalue weighted by molar-refractivity contribution is 0.0988. The van der Waals surface area contributed by atoms with Gasteiger partial charge in [0.1, 0.15) is 0 Å². The van der Waals surface area contributed by atoms with Crippen molar-refractivity contribution < 1.29 is 9.32 Å². The topological polar surface area (TPSA) is 80.9 Å². The lowest BCUT2D eigenvalue weighted by Crippen LogP contribution is -2.11. The van der Waals surface area contributed by atoms with Crippen LogP contribution in [0.5, 0.6) is 0 Å². The van der Waals surface area contributed by atoms with Crippen molar-refractivity contribution in [2.24, 2.45) is 0 Å². The average Bonchev–Trinajstić information content (AvgIpc) is 2.98. The van der Waals surface area contributed by atoms with Gasteiger partial charge in [0.2, 0.25) is 5.76 Å². The van der Waals surface area contributed by atoms with Crippen molar-refractivity contribution in [3.63, 3.8) is 0 Å². The largest absolute Gasteiger partial charge is 0.351 e. The van der Waals surface area contributed by atoms with E-state index in [2.05, 4.69) is 20.4 Å². The van der Waals surface area contributed by atoms with Crippen LogP contribution in [-0.2, 0) is 0 Å². The number of benzene rings is 1. The molecule has 7 heteroatoms. The number of aryl methyl sites for hydroxylation is 2. The Morgan fingerprint density at radius 2 is 1.96 bits per heavy atom. The summed E-state index contributed by atoms with van der Waals surface area (Å²) in [6.45, 7) is 3.69. The highest BCUT2D eigenvalue weighted by Crippen LogP contribution is 2.28. The molecule has 0 atom stereocenters. The second-order valence-electron chi connectivity index (χ2n) is 4.90. The number of hydrogen-bond donors (Lipinski definition) is 1. The molecular weight excluding hydrogens is 312 g/mol. The van der Waals surface area contributed by atoms with E-state index in [0.29, 0.717) is 10.9 Å². The van der Waals surface area contributed by atoms with Crippen LogP contribution in [0.4, 0.5) is 5.69 Å². The van der Waals surface area contributed by atoms with Gasteiger partial charge in [-0.15, -0.1) is 0 Å². The number of carbonyl (C=O) groups excluding carboxylic acids is 1. The molecule has 0 spiro atoms. The molecule has 116 valence electrons. The van der Waals surface area contributed by atoms with Crippen LogP contribution in [-0.4, -0.2) is 21.0 Å². The third-order valence-corrected chi connectivity index (χ3v) is 3.93. The van der Waals surface area contributed by atoms with Gasteiger partial charge in [-0.25, -0.2) is 9.97 Å². The highest BCUT2D eigenvalue weighted by atomic mass is 32.2. The minimum atomic E-state index is -0.319. The number of carbonyl (C=O) groups is 1. The van der Waals surface area contributed by atoms with E-state index in [1.54, 1.807) is 31.5 Å². The van der Waals surface area contributed by atoms with Gasteiger partial charge in [0, 0.05) is 29.0 Å². The molecule has 0 saturated heterocycles. The molecule has 23 heavy (non-hydrogen) atoms. The van der Waals surface area contributed by atoms with Crippen LogP contribution >= 0.6 is 11.8 Å². The molecule has 0 bridgehead atoms. The van der Waals surface area contributed by atoms with Crippen molar-refractivity contribution in [3.05, 3.63) is 59.7 Å². The van der Waals surface area contributed by atoms with Crippen LogP contribution in [0.2, 0.25) is 0 Å². The van der Waals surface area contributed by atoms with E-state index in [0.717, 1.165) is 16.1 Å². The molecule has 0 saturated carbocycles. The van der Waals surface area contributed by atoms with Gasteiger partial charge < -0.3 is 9.84 Å². The predicted octanol–water partition coefficient (Wildman–Crippen LogP) is 3.48. The summed E-state index contributed by atoms with van der Waals surface area (Å²) < 4.78 is 4.96. The first-order valence-electron chi connectivity index (χ1n) is 6.92. The SMILES string of the molecule is Cc1cc(C(=O)Nc2ccc(Sc3ncccn3)cc2C)on1. The normalized spacial score (nSPS) is 10.5. The summed E-state index contributed by atoms with van der Waals surface area (Å²) in [6, 6.07) is 9.11. The number of rotatable bonds is 4. The van der Waals surface area contributed by atoms with Crippen molar-refractivity contribution in [1.29, 1.82) is 0 Å². The maximum absolute atomic E-state index is 12.1. The van der Waals surface area contributed by atoms with Crippen molar-refractivity contribution in [1.82, 2.24) is 15.1 Å². The molecule has 0 aliphatic carbocycles. The number of aromatic nitrogens is 3. The minimum Gasteiger partial charge on any atom is -0.351 e. The monoisotopic (exact) mass is 326 g/mol. The fourth-order valence-electron chi connectivity index (χ4n) is 1.94. The van der Waals surface area contributed by atoms with Crippen LogP contribution in [0, 0.1) is 13.8 Å². The first-order valence-corrected chi connectivity index (χ1v) is 7.73. The van der Waals surface area contributed by atoms with Crippen LogP contribution in [0.3, 0.4) is 0 Å². The van der Waals surface area contributed by atoms with Gasteiger partial charge in [-0.3, -0.25) is 4.79 Å². The first kappa shape index (κ1) is 15.2. The molecular formula is C16H14N4O2S. The quantitative estimate of drug-likeness (QED) is 0.739. The number of nitrogens with zero attached hydrogens (tertiary/aromatic N) is 3. The molecule has 2 heterocycles. The Morgan fingerprint density at radius 3 is 2.61 bits per heavy atom. The van der Waals surface area contributed by atoms with E-state index in [4.69, 9.17) is 4.52 Å². The molecule has 0 aliphatic rings. The molecule has 1 N–H and O–H groups in total. The molecule has 0 unspecified atom stereocenters. The van der Waals surface area contributed by atoms with Crippen molar-refractivity contribution >= 4 is 23.4 Å². The maximum Gasteiger partial charge on any atom is 0.294 e. The Morgan fingerprint density at radius 1 is 1.17 bits per heavy atom. The van der Waals surface area contributed by atoms with Gasteiger partial charge in [0.05, 0.1) is 5.69 Å². The summed E-state index contributed by atoms with van der Waals surface area (Å²) in [5.41, 5.74) is 2.33. The fourth-order valence-corrected chi connectivity index (χ4v) is 2.75. The second kappa shape index (κ2) is 6.62. The van der Waals surface area contributed by atoms with Gasteiger partial charge in [-0.1, -0.05) is 5.16 Å². The molecule has 1 amide bonds. The third-order valence-electron chi connectivity index (χ3n) is 3.05. The Labute approximate surface area is 137 Å². The van der Waals surface area contributed by atoms with E-state index < -0.39 is 0 Å². The van der Waals surface area contributed by atoms with Gasteiger partial charge >= 0.3 is 0 Å². The highest BCUT2D eigenvalue weighted by Gasteiger charge is 2.13. The lowest BCUT2D eigenvalue weighted by Gasteiger charge is -2.08. The van der Waals surface area contributed by atoms with Gasteiger partial charge in [0.15, 0.2) is 5.16 Å². The van der Waals surface area contributed by atoms with Gasteiger partial charge in [0.25, 0.3) is 5.91 Å². The van der Waals surface area contributed by atoms with E-state index in [1.807, 2.05) is 25.1 Å². The fraction of sp³-hybridized carbons (Fsp3) is 0.125. The Kier molecular flexibility index (Phi) is 4.38. The van der Waals surface area contributed by atoms with Crippen LogP contribution in [0.1, 0.15) is 21.8 Å². The maximum atomic E-state index is 12.1. The van der Waals surface area contributed by atoms with Gasteiger partial charge in [-0.05, 0) is 55.4 Å². The molecule has 0 aliphatic heterocycles. The van der Waals surface area contributed by atoms with Crippen LogP contribution < -0.4 is 5.32 Å². The zero-order chi connectivity index (χ0) is 16.2. The van der Waals surface area contributed by atoms with E-state index in [1.165, 1.54) is 11.8 Å². The van der Waals surface area contributed by atoms with Crippen molar-refractivity contribution in [2.45, 2.75) is 23.9 Å². The second-order valence-corrected chi connectivity index (χ2v) is 5.94. The Hall–Kier alpha value is -2.67. The summed E-state index contributed by atoms with van der Waals surface area (Å²) in [4.78, 5) is 21.4. The standard InChI is InChI=1S/C16H14N4O2S/c1-10-8-12(23-16-17-6-3-7-18-16)4-5-13(10)19-15(21)14-9-11(2)20-22-14/h3-9H,1-2H3,(H,19,21). The molecule has 3 rings (SSSR count). The highest BCUT2D eigenvalue weighted by molar-refractivity contribution is 7.99. The van der Waals surface area contributed by atoms with E-state index in [9.17, 15) is 4.79 Å². The van der Waals surface area contributed by atoms with Crippen LogP contribution in [0.15, 0.2) is 57.3 Å². The summed E-state index contributed by atoms with van der Waals surface area (Å²) in [5, 5.41) is 7.21. The smallest absolute Gasteiger partial charge is 0.294 e. The molecule has 0 radical (unpaired) electrons. The molecule has 0 fully saturated rings. The molecule has 1 aromatic carbocycles. The predicted molar refractivity (Wildman–Crippen MR) is 86.5 cm³/mol. The Balaban J connectivity index is 1.73. The third kappa shape index (κ3) is 3.75. The number of amides is 1. The number of hydrogen-bond acceptors (Lipinski definition) is 6. The zero-order valence-electron chi connectivity index (χ0n) is 12.6. The van der Waals surface area contributed by atoms with E-state index in [-0.39, 0.29) is 11.7 Å². The van der Waals surface area contributed by atoms with E-state index >= 15 is 0 Å². The molecule has 6 nitrogen and oxygen atoms in total. The number of anilines is 1. The van der Waals surface area contributed by atoms with Crippen molar-refractivity contribution in [3.8, 4) is 0 Å². The summed E-state index contributed by atoms with van der Waals surface area (Å²) in [5.74, 6) is -0.126. The summed E-state index contributed by atoms with van der Waals surface area (Å²) in [6.07, 6.45) is 3.41. The van der Waals surface area contributed by atoms with Gasteiger partial charge in [-0.2, -0.15) is 0 Å². The zero-order valence-corrected chi connectivity index (χ0v) is 13.4.